The van der Waals surface area contributed by atoms with Gasteiger partial charge in [0.05, 0.1) is 19.3 Å². The Hall–Kier alpha value is -3.66. The lowest BCUT2D eigenvalue weighted by Crippen LogP contribution is -2.07. The van der Waals surface area contributed by atoms with Crippen LogP contribution in [-0.4, -0.2) is 18.3 Å². The van der Waals surface area contributed by atoms with Crippen molar-refractivity contribution in [2.75, 3.05) is 13.2 Å². The van der Waals surface area contributed by atoms with Gasteiger partial charge in [-0.2, -0.15) is 0 Å². The summed E-state index contributed by atoms with van der Waals surface area (Å²) in [5.41, 5.74) is 5.34. The zero-order valence-corrected chi connectivity index (χ0v) is 19.2. The van der Waals surface area contributed by atoms with Crippen LogP contribution in [0.1, 0.15) is 34.8 Å². The molecule has 0 aliphatic carbocycles. The molecule has 0 bridgehead atoms. The fraction of sp³-hybridized carbons (Fsp3) is 0.161. The third-order valence-electron chi connectivity index (χ3n) is 5.57. The molecule has 4 aromatic carbocycles. The Morgan fingerprint density at radius 3 is 2.00 bits per heavy atom. The summed E-state index contributed by atoms with van der Waals surface area (Å²) in [4.78, 5) is 0. The van der Waals surface area contributed by atoms with E-state index < -0.39 is 6.10 Å². The molecule has 0 aliphatic heterocycles. The molecule has 1 unspecified atom stereocenters. The van der Waals surface area contributed by atoms with E-state index in [2.05, 4.69) is 30.3 Å². The predicted molar refractivity (Wildman–Crippen MR) is 138 cm³/mol. The molecule has 0 radical (unpaired) electrons. The van der Waals surface area contributed by atoms with Gasteiger partial charge < -0.3 is 14.6 Å². The minimum absolute atomic E-state index is 0.479. The second-order valence-electron chi connectivity index (χ2n) is 8.12. The van der Waals surface area contributed by atoms with Crippen molar-refractivity contribution in [3.63, 3.8) is 0 Å². The molecule has 0 amide bonds. The second-order valence-corrected chi connectivity index (χ2v) is 8.12. The van der Waals surface area contributed by atoms with Gasteiger partial charge in [-0.25, -0.2) is 0 Å². The number of hydrogen-bond acceptors (Lipinski definition) is 3. The van der Waals surface area contributed by atoms with Gasteiger partial charge in [-0.1, -0.05) is 109 Å². The van der Waals surface area contributed by atoms with E-state index in [0.29, 0.717) is 26.2 Å². The summed E-state index contributed by atoms with van der Waals surface area (Å²) in [6.07, 6.45) is 2.05. The van der Waals surface area contributed by atoms with Crippen LogP contribution in [0, 0.1) is 0 Å². The zero-order valence-electron chi connectivity index (χ0n) is 19.2. The fourth-order valence-corrected chi connectivity index (χ4v) is 3.76. The molecule has 0 aliphatic rings. The Labute approximate surface area is 201 Å². The lowest BCUT2D eigenvalue weighted by atomic mass is 9.94. The van der Waals surface area contributed by atoms with Crippen molar-refractivity contribution in [3.8, 4) is 5.75 Å². The highest BCUT2D eigenvalue weighted by Gasteiger charge is 2.12. The molecule has 3 nitrogen and oxygen atoms in total. The van der Waals surface area contributed by atoms with Gasteiger partial charge in [0.25, 0.3) is 0 Å². The zero-order chi connectivity index (χ0) is 23.4. The molecule has 0 fully saturated rings. The van der Waals surface area contributed by atoms with E-state index in [0.717, 1.165) is 33.6 Å². The molecular formula is C31H30O3. The first-order valence-corrected chi connectivity index (χ1v) is 11.6. The Balaban J connectivity index is 1.32. The fourth-order valence-electron chi connectivity index (χ4n) is 3.76. The van der Waals surface area contributed by atoms with Crippen LogP contribution in [-0.2, 0) is 11.3 Å². The van der Waals surface area contributed by atoms with E-state index in [9.17, 15) is 5.11 Å². The van der Waals surface area contributed by atoms with E-state index in [1.54, 1.807) is 0 Å². The van der Waals surface area contributed by atoms with E-state index in [4.69, 9.17) is 9.47 Å². The summed E-state index contributed by atoms with van der Waals surface area (Å²) in [6.45, 7) is 1.58. The van der Waals surface area contributed by atoms with Crippen LogP contribution < -0.4 is 4.74 Å². The molecule has 0 heterocycles. The standard InChI is InChI=1S/C31H30O3/c32-31(23-29(27-14-8-3-9-15-27)22-25-10-4-1-5-11-25)28-16-18-30(19-17-28)34-21-20-33-24-26-12-6-2-7-13-26/h1-19,22,31-32H,20-21,23-24H2. The number of aliphatic hydroxyl groups excluding tert-OH is 1. The SMILES string of the molecule is OC(CC(=Cc1ccccc1)c1ccccc1)c1ccc(OCCOCc2ccccc2)cc1. The van der Waals surface area contributed by atoms with Gasteiger partial charge in [0, 0.05) is 6.42 Å². The highest BCUT2D eigenvalue weighted by Crippen LogP contribution is 2.30. The Bertz CT molecular complexity index is 1140. The molecule has 0 spiro atoms. The minimum atomic E-state index is -0.613. The summed E-state index contributed by atoms with van der Waals surface area (Å²) >= 11 is 0. The van der Waals surface area contributed by atoms with Crippen LogP contribution in [0.25, 0.3) is 11.6 Å². The van der Waals surface area contributed by atoms with Crippen molar-refractivity contribution in [1.29, 1.82) is 0 Å². The topological polar surface area (TPSA) is 38.7 Å². The molecule has 4 aromatic rings. The third-order valence-corrected chi connectivity index (χ3v) is 5.57. The first-order valence-electron chi connectivity index (χ1n) is 11.6. The molecule has 0 aromatic heterocycles. The van der Waals surface area contributed by atoms with Crippen LogP contribution in [0.15, 0.2) is 115 Å². The van der Waals surface area contributed by atoms with Crippen molar-refractivity contribution in [3.05, 3.63) is 138 Å². The summed E-state index contributed by atoms with van der Waals surface area (Å²) in [7, 11) is 0. The molecule has 3 heteroatoms. The van der Waals surface area contributed by atoms with Gasteiger partial charge in [0.15, 0.2) is 0 Å². The number of ether oxygens (including phenoxy) is 2. The lowest BCUT2D eigenvalue weighted by molar-refractivity contribution is 0.0889. The van der Waals surface area contributed by atoms with Crippen LogP contribution in [0.4, 0.5) is 0 Å². The molecule has 1 atom stereocenters. The molecule has 172 valence electrons. The van der Waals surface area contributed by atoms with E-state index in [1.807, 2.05) is 91.0 Å². The van der Waals surface area contributed by atoms with Crippen molar-refractivity contribution in [1.82, 2.24) is 0 Å². The van der Waals surface area contributed by atoms with Crippen molar-refractivity contribution in [2.45, 2.75) is 19.1 Å². The molecule has 0 saturated carbocycles. The van der Waals surface area contributed by atoms with E-state index >= 15 is 0 Å². The van der Waals surface area contributed by atoms with Gasteiger partial charge in [-0.05, 0) is 40.0 Å². The molecule has 1 N–H and O–H groups in total. The average Bonchev–Trinajstić information content (AvgIpc) is 2.90. The highest BCUT2D eigenvalue weighted by molar-refractivity contribution is 5.81. The Morgan fingerprint density at radius 1 is 0.706 bits per heavy atom. The second kappa shape index (κ2) is 12.5. The van der Waals surface area contributed by atoms with Gasteiger partial charge >= 0.3 is 0 Å². The van der Waals surface area contributed by atoms with Crippen molar-refractivity contribution >= 4 is 11.6 Å². The molecule has 34 heavy (non-hydrogen) atoms. The largest absolute Gasteiger partial charge is 0.491 e. The first kappa shape index (κ1) is 23.5. The average molecular weight is 451 g/mol. The Morgan fingerprint density at radius 2 is 1.32 bits per heavy atom. The van der Waals surface area contributed by atoms with Gasteiger partial charge in [-0.15, -0.1) is 0 Å². The number of benzene rings is 4. The maximum atomic E-state index is 11.0. The summed E-state index contributed by atoms with van der Waals surface area (Å²) in [6, 6.07) is 38.2. The van der Waals surface area contributed by atoms with E-state index in [1.165, 1.54) is 0 Å². The summed E-state index contributed by atoms with van der Waals surface area (Å²) < 4.78 is 11.5. The quantitative estimate of drug-likeness (QED) is 0.199. The van der Waals surface area contributed by atoms with Crippen LogP contribution in [0.2, 0.25) is 0 Å². The Kier molecular flexibility index (Phi) is 8.67. The number of hydrogen-bond donors (Lipinski definition) is 1. The molecular weight excluding hydrogens is 420 g/mol. The van der Waals surface area contributed by atoms with Crippen molar-refractivity contribution < 1.29 is 14.6 Å². The van der Waals surface area contributed by atoms with Gasteiger partial charge in [-0.3, -0.25) is 0 Å². The maximum Gasteiger partial charge on any atom is 0.119 e. The summed E-state index contributed by atoms with van der Waals surface area (Å²) in [5, 5.41) is 11.0. The van der Waals surface area contributed by atoms with Crippen molar-refractivity contribution in [2.24, 2.45) is 0 Å². The predicted octanol–water partition coefficient (Wildman–Crippen LogP) is 6.95. The summed E-state index contributed by atoms with van der Waals surface area (Å²) in [5.74, 6) is 0.766. The smallest absolute Gasteiger partial charge is 0.119 e. The minimum Gasteiger partial charge on any atom is -0.491 e. The molecule has 4 rings (SSSR count). The van der Waals surface area contributed by atoms with Crippen LogP contribution in [0.3, 0.4) is 0 Å². The molecule has 0 saturated heterocycles. The van der Waals surface area contributed by atoms with Crippen LogP contribution >= 0.6 is 0 Å². The highest BCUT2D eigenvalue weighted by atomic mass is 16.5. The normalized spacial score (nSPS) is 12.3. The van der Waals surface area contributed by atoms with Crippen LogP contribution in [0.5, 0.6) is 5.75 Å². The van der Waals surface area contributed by atoms with Gasteiger partial charge in [0.1, 0.15) is 12.4 Å². The maximum absolute atomic E-state index is 11.0. The first-order chi connectivity index (χ1) is 16.8. The third kappa shape index (κ3) is 7.17. The monoisotopic (exact) mass is 450 g/mol. The number of rotatable bonds is 11. The van der Waals surface area contributed by atoms with Gasteiger partial charge in [0.2, 0.25) is 0 Å². The van der Waals surface area contributed by atoms with E-state index in [-0.39, 0.29) is 0 Å². The number of aliphatic hydroxyl groups is 1. The lowest BCUT2D eigenvalue weighted by Gasteiger charge is -2.15.